The van der Waals surface area contributed by atoms with Crippen molar-refractivity contribution in [3.63, 3.8) is 0 Å². The summed E-state index contributed by atoms with van der Waals surface area (Å²) < 4.78 is 0. The smallest absolute Gasteiger partial charge is 0.0991 e. The van der Waals surface area contributed by atoms with E-state index in [0.717, 1.165) is 30.5 Å². The number of likely N-dealkylation sites (tertiary alicyclic amines) is 1. The standard InChI is InChI=1S/C16H20N2O/c1-16(2)13-8-18(9-14(13)16)10-15(19)12-5-3-11(7-17)4-6-12/h3-6,13-15,19H,8-10H2,1-2H3. The average Bonchev–Trinajstić information content (AvgIpc) is 2.79. The minimum Gasteiger partial charge on any atom is -0.387 e. The third kappa shape index (κ3) is 2.16. The van der Waals surface area contributed by atoms with Crippen LogP contribution in [0.1, 0.15) is 31.1 Å². The number of benzene rings is 1. The molecule has 0 radical (unpaired) electrons. The van der Waals surface area contributed by atoms with Crippen molar-refractivity contribution < 1.29 is 5.11 Å². The lowest BCUT2D eigenvalue weighted by molar-refractivity contribution is 0.113. The predicted octanol–water partition coefficient (Wildman–Crippen LogP) is 2.18. The van der Waals surface area contributed by atoms with Crippen LogP contribution in [0.5, 0.6) is 0 Å². The van der Waals surface area contributed by atoms with Crippen LogP contribution in [0.3, 0.4) is 0 Å². The van der Waals surface area contributed by atoms with Gasteiger partial charge in [0.15, 0.2) is 0 Å². The van der Waals surface area contributed by atoms with Crippen molar-refractivity contribution in [1.29, 1.82) is 5.26 Å². The van der Waals surface area contributed by atoms with Gasteiger partial charge in [0.05, 0.1) is 17.7 Å². The van der Waals surface area contributed by atoms with Crippen LogP contribution in [0.2, 0.25) is 0 Å². The van der Waals surface area contributed by atoms with Crippen molar-refractivity contribution in [2.45, 2.75) is 20.0 Å². The molecule has 0 amide bonds. The van der Waals surface area contributed by atoms with Crippen molar-refractivity contribution in [2.24, 2.45) is 17.3 Å². The Balaban J connectivity index is 1.57. The Labute approximate surface area is 114 Å². The molecule has 100 valence electrons. The van der Waals surface area contributed by atoms with Gasteiger partial charge in [-0.2, -0.15) is 5.26 Å². The molecule has 2 aliphatic rings. The van der Waals surface area contributed by atoms with Crippen LogP contribution in [-0.2, 0) is 0 Å². The molecule has 3 heteroatoms. The van der Waals surface area contributed by atoms with Crippen LogP contribution in [0.25, 0.3) is 0 Å². The molecule has 1 heterocycles. The summed E-state index contributed by atoms with van der Waals surface area (Å²) in [6.45, 7) is 7.62. The summed E-state index contributed by atoms with van der Waals surface area (Å²) in [5.41, 5.74) is 2.06. The second kappa shape index (κ2) is 4.33. The molecule has 1 saturated carbocycles. The molecular formula is C16H20N2O. The summed E-state index contributed by atoms with van der Waals surface area (Å²) >= 11 is 0. The quantitative estimate of drug-likeness (QED) is 0.901. The lowest BCUT2D eigenvalue weighted by Gasteiger charge is -2.24. The molecule has 3 unspecified atom stereocenters. The van der Waals surface area contributed by atoms with E-state index in [1.807, 2.05) is 12.1 Å². The van der Waals surface area contributed by atoms with Crippen LogP contribution in [-0.4, -0.2) is 29.6 Å². The normalized spacial score (nSPS) is 29.6. The van der Waals surface area contributed by atoms with E-state index in [2.05, 4.69) is 24.8 Å². The maximum Gasteiger partial charge on any atom is 0.0991 e. The maximum absolute atomic E-state index is 10.3. The number of β-amino-alcohol motifs (C(OH)–C–C–N with tert-alkyl or cyclic N) is 1. The first-order chi connectivity index (χ1) is 9.02. The first-order valence-electron chi connectivity index (χ1n) is 6.93. The minimum atomic E-state index is -0.451. The molecular weight excluding hydrogens is 236 g/mol. The number of hydrogen-bond acceptors (Lipinski definition) is 3. The minimum absolute atomic E-state index is 0.451. The van der Waals surface area contributed by atoms with Crippen LogP contribution >= 0.6 is 0 Å². The van der Waals surface area contributed by atoms with Gasteiger partial charge in [-0.1, -0.05) is 26.0 Å². The molecule has 3 rings (SSSR count). The number of nitrogens with zero attached hydrogens (tertiary/aromatic N) is 2. The Morgan fingerprint density at radius 1 is 1.32 bits per heavy atom. The van der Waals surface area contributed by atoms with Gasteiger partial charge in [0.2, 0.25) is 0 Å². The van der Waals surface area contributed by atoms with Gasteiger partial charge in [0.25, 0.3) is 0 Å². The monoisotopic (exact) mass is 256 g/mol. The Bertz CT molecular complexity index is 501. The largest absolute Gasteiger partial charge is 0.387 e. The summed E-state index contributed by atoms with van der Waals surface area (Å²) in [4.78, 5) is 2.36. The van der Waals surface area contributed by atoms with E-state index in [-0.39, 0.29) is 0 Å². The van der Waals surface area contributed by atoms with Gasteiger partial charge in [0.1, 0.15) is 0 Å². The number of aliphatic hydroxyl groups is 1. The number of hydrogen-bond donors (Lipinski definition) is 1. The van der Waals surface area contributed by atoms with E-state index in [0.29, 0.717) is 17.5 Å². The summed E-state index contributed by atoms with van der Waals surface area (Å²) in [6.07, 6.45) is -0.451. The van der Waals surface area contributed by atoms with Crippen molar-refractivity contribution in [2.75, 3.05) is 19.6 Å². The molecule has 1 N–H and O–H groups in total. The van der Waals surface area contributed by atoms with Gasteiger partial charge in [-0.15, -0.1) is 0 Å². The second-order valence-corrected chi connectivity index (χ2v) is 6.50. The van der Waals surface area contributed by atoms with Gasteiger partial charge < -0.3 is 5.11 Å². The van der Waals surface area contributed by atoms with Crippen LogP contribution in [0.4, 0.5) is 0 Å². The third-order valence-electron chi connectivity index (χ3n) is 5.05. The van der Waals surface area contributed by atoms with Crippen molar-refractivity contribution >= 4 is 0 Å². The zero-order valence-corrected chi connectivity index (χ0v) is 11.5. The van der Waals surface area contributed by atoms with E-state index in [1.54, 1.807) is 12.1 Å². The zero-order chi connectivity index (χ0) is 13.6. The molecule has 1 saturated heterocycles. The summed E-state index contributed by atoms with van der Waals surface area (Å²) in [7, 11) is 0. The molecule has 19 heavy (non-hydrogen) atoms. The number of nitriles is 1. The highest BCUT2D eigenvalue weighted by Gasteiger charge is 2.61. The highest BCUT2D eigenvalue weighted by Crippen LogP contribution is 2.61. The molecule has 3 nitrogen and oxygen atoms in total. The molecule has 3 atom stereocenters. The fourth-order valence-corrected chi connectivity index (χ4v) is 3.49. The first kappa shape index (κ1) is 12.7. The van der Waals surface area contributed by atoms with Crippen molar-refractivity contribution in [1.82, 2.24) is 4.90 Å². The van der Waals surface area contributed by atoms with Gasteiger partial charge >= 0.3 is 0 Å². The Kier molecular flexibility index (Phi) is 2.88. The SMILES string of the molecule is CC1(C)C2CN(CC(O)c3ccc(C#N)cc3)CC21. The molecule has 1 aromatic carbocycles. The van der Waals surface area contributed by atoms with Gasteiger partial charge in [-0.3, -0.25) is 4.90 Å². The second-order valence-electron chi connectivity index (χ2n) is 6.50. The third-order valence-corrected chi connectivity index (χ3v) is 5.05. The zero-order valence-electron chi connectivity index (χ0n) is 11.5. The van der Waals surface area contributed by atoms with E-state index >= 15 is 0 Å². The Morgan fingerprint density at radius 2 is 1.89 bits per heavy atom. The molecule has 0 bridgehead atoms. The fourth-order valence-electron chi connectivity index (χ4n) is 3.49. The molecule has 2 fully saturated rings. The highest BCUT2D eigenvalue weighted by atomic mass is 16.3. The number of rotatable bonds is 3. The molecule has 0 spiro atoms. The highest BCUT2D eigenvalue weighted by molar-refractivity contribution is 5.32. The predicted molar refractivity (Wildman–Crippen MR) is 73.3 cm³/mol. The van der Waals surface area contributed by atoms with Crippen molar-refractivity contribution in [3.05, 3.63) is 35.4 Å². The number of aliphatic hydroxyl groups excluding tert-OH is 1. The van der Waals surface area contributed by atoms with E-state index in [4.69, 9.17) is 5.26 Å². The summed E-state index contributed by atoms with van der Waals surface area (Å²) in [5, 5.41) is 19.0. The Hall–Kier alpha value is -1.37. The maximum atomic E-state index is 10.3. The topological polar surface area (TPSA) is 47.3 Å². The number of piperidine rings is 1. The molecule has 1 aliphatic carbocycles. The first-order valence-corrected chi connectivity index (χ1v) is 6.93. The van der Waals surface area contributed by atoms with Crippen molar-refractivity contribution in [3.8, 4) is 6.07 Å². The van der Waals surface area contributed by atoms with E-state index in [1.165, 1.54) is 0 Å². The van der Waals surface area contributed by atoms with Gasteiger partial charge in [-0.25, -0.2) is 0 Å². The molecule has 1 aromatic rings. The number of fused-ring (bicyclic) bond motifs is 1. The lowest BCUT2D eigenvalue weighted by Crippen LogP contribution is -2.30. The summed E-state index contributed by atoms with van der Waals surface area (Å²) in [6, 6.07) is 9.33. The molecule has 0 aromatic heterocycles. The van der Waals surface area contributed by atoms with Gasteiger partial charge in [0, 0.05) is 19.6 Å². The lowest BCUT2D eigenvalue weighted by atomic mass is 10.0. The van der Waals surface area contributed by atoms with Crippen LogP contribution < -0.4 is 0 Å². The summed E-state index contributed by atoms with van der Waals surface area (Å²) in [5.74, 6) is 1.64. The van der Waals surface area contributed by atoms with Gasteiger partial charge in [-0.05, 0) is 34.9 Å². The van der Waals surface area contributed by atoms with Crippen LogP contribution in [0, 0.1) is 28.6 Å². The van der Waals surface area contributed by atoms with E-state index in [9.17, 15) is 5.11 Å². The van der Waals surface area contributed by atoms with E-state index < -0.39 is 6.10 Å². The Morgan fingerprint density at radius 3 is 2.42 bits per heavy atom. The fraction of sp³-hybridized carbons (Fsp3) is 0.562. The molecule has 1 aliphatic heterocycles. The van der Waals surface area contributed by atoms with Crippen LogP contribution in [0.15, 0.2) is 24.3 Å². The average molecular weight is 256 g/mol.